The summed E-state index contributed by atoms with van der Waals surface area (Å²) in [7, 11) is 0. The molecule has 0 heterocycles. The van der Waals surface area contributed by atoms with Gasteiger partial charge in [0.05, 0.1) is 22.8 Å². The third-order valence-corrected chi connectivity index (χ3v) is 6.74. The van der Waals surface area contributed by atoms with Gasteiger partial charge in [0.15, 0.2) is 0 Å². The van der Waals surface area contributed by atoms with Gasteiger partial charge in [0, 0.05) is 16.5 Å². The van der Waals surface area contributed by atoms with Crippen LogP contribution < -0.4 is 0 Å². The molecule has 2 rings (SSSR count). The Morgan fingerprint density at radius 3 is 1.55 bits per heavy atom. The minimum absolute atomic E-state index is 0. The molecule has 3 heteroatoms. The Labute approximate surface area is 244 Å². The quantitative estimate of drug-likeness (QED) is 0.105. The number of aryl methyl sites for hydroxylation is 4. The predicted octanol–water partition coefficient (Wildman–Crippen LogP) is 11.4. The number of rotatable bonds is 17. The zero-order chi connectivity index (χ0) is 26.9. The van der Waals surface area contributed by atoms with Crippen LogP contribution in [0.25, 0.3) is 0 Å². The summed E-state index contributed by atoms with van der Waals surface area (Å²) in [6.07, 6.45) is 20.8. The van der Waals surface area contributed by atoms with E-state index in [9.17, 15) is 0 Å². The third-order valence-electron chi connectivity index (χ3n) is 6.74. The molecule has 0 aliphatic carbocycles. The predicted molar refractivity (Wildman–Crippen MR) is 167 cm³/mol. The van der Waals surface area contributed by atoms with Crippen molar-refractivity contribution in [3.63, 3.8) is 0 Å². The normalized spacial score (nSPS) is 12.3. The van der Waals surface area contributed by atoms with E-state index in [1.807, 2.05) is 0 Å². The molecule has 0 N–H and O–H groups in total. The second-order valence-electron chi connectivity index (χ2n) is 10.9. The van der Waals surface area contributed by atoms with Crippen LogP contribution in [0, 0.1) is 27.7 Å². The van der Waals surface area contributed by atoms with Gasteiger partial charge in [-0.05, 0) is 106 Å². The van der Waals surface area contributed by atoms with E-state index in [4.69, 9.17) is 9.98 Å². The molecule has 0 spiro atoms. The Bertz CT molecular complexity index is 992. The summed E-state index contributed by atoms with van der Waals surface area (Å²) in [5, 5.41) is 0. The molecule has 0 amide bonds. The first-order valence-electron chi connectivity index (χ1n) is 14.9. The molecule has 0 aromatic heterocycles. The molecule has 0 atom stereocenters. The van der Waals surface area contributed by atoms with E-state index in [0.717, 1.165) is 42.1 Å². The minimum atomic E-state index is 0. The van der Waals surface area contributed by atoms with Gasteiger partial charge in [0.1, 0.15) is 0 Å². The maximum atomic E-state index is 5.23. The summed E-state index contributed by atoms with van der Waals surface area (Å²) >= 11 is 0. The SMILES string of the molecule is CCCCCCCC=CC(=Nc1cc(C)cc(C)c1)C(CCCCCCCC)=Nc1cc(C)cc(C)c1.[Ni]. The van der Waals surface area contributed by atoms with Crippen molar-refractivity contribution in [2.24, 2.45) is 9.98 Å². The smallest absolute Gasteiger partial charge is 0.0848 e. The van der Waals surface area contributed by atoms with Gasteiger partial charge in [-0.1, -0.05) is 89.8 Å². The molecule has 212 valence electrons. The van der Waals surface area contributed by atoms with Crippen LogP contribution >= 0.6 is 0 Å². The Balaban J connectivity index is 0.00000722. The molecule has 2 aromatic rings. The van der Waals surface area contributed by atoms with E-state index in [0.29, 0.717) is 0 Å². The van der Waals surface area contributed by atoms with Gasteiger partial charge in [0.2, 0.25) is 0 Å². The van der Waals surface area contributed by atoms with E-state index >= 15 is 0 Å². The average molecular weight is 560 g/mol. The van der Waals surface area contributed by atoms with Crippen LogP contribution in [0.3, 0.4) is 0 Å². The zero-order valence-electron chi connectivity index (χ0n) is 25.0. The van der Waals surface area contributed by atoms with Crippen molar-refractivity contribution in [2.75, 3.05) is 0 Å². The number of hydrogen-bond donors (Lipinski definition) is 0. The first-order chi connectivity index (χ1) is 17.9. The Hall–Kier alpha value is -1.99. The number of nitrogens with zero attached hydrogens (tertiary/aromatic N) is 2. The summed E-state index contributed by atoms with van der Waals surface area (Å²) < 4.78 is 0. The molecule has 0 aliphatic rings. The number of aliphatic imine (C=N–C) groups is 2. The standard InChI is InChI=1S/C35H52N2.Ni/c1-7-9-11-13-15-17-19-21-35(37-33-26-30(5)23-31(6)27-33)34(20-18-16-14-12-10-8-2)36-32-24-28(3)22-29(4)25-32;/h19,21-27H,7-18,20H2,1-6H3;. The molecular formula is C35H52N2Ni. The van der Waals surface area contributed by atoms with E-state index in [-0.39, 0.29) is 16.5 Å². The summed E-state index contributed by atoms with van der Waals surface area (Å²) in [4.78, 5) is 10.4. The van der Waals surface area contributed by atoms with Crippen molar-refractivity contribution in [3.05, 3.63) is 70.8 Å². The molecule has 0 saturated heterocycles. The topological polar surface area (TPSA) is 24.7 Å². The minimum Gasteiger partial charge on any atom is -0.251 e. The number of unbranched alkanes of at least 4 members (excludes halogenated alkanes) is 10. The average Bonchev–Trinajstić information content (AvgIpc) is 2.83. The molecule has 2 aromatic carbocycles. The van der Waals surface area contributed by atoms with Gasteiger partial charge < -0.3 is 0 Å². The van der Waals surface area contributed by atoms with Gasteiger partial charge in [-0.25, -0.2) is 4.99 Å². The molecule has 0 radical (unpaired) electrons. The first-order valence-corrected chi connectivity index (χ1v) is 14.9. The summed E-state index contributed by atoms with van der Waals surface area (Å²) in [5.74, 6) is 0. The largest absolute Gasteiger partial charge is 0.251 e. The maximum Gasteiger partial charge on any atom is 0.0848 e. The van der Waals surface area contributed by atoms with Gasteiger partial charge >= 0.3 is 0 Å². The van der Waals surface area contributed by atoms with Crippen LogP contribution in [0.4, 0.5) is 11.4 Å². The fourth-order valence-corrected chi connectivity index (χ4v) is 4.90. The molecule has 0 unspecified atom stereocenters. The van der Waals surface area contributed by atoms with Gasteiger partial charge in [-0.15, -0.1) is 0 Å². The fourth-order valence-electron chi connectivity index (χ4n) is 4.90. The van der Waals surface area contributed by atoms with Crippen LogP contribution in [0.2, 0.25) is 0 Å². The summed E-state index contributed by atoms with van der Waals surface area (Å²) in [6, 6.07) is 13.2. The first kappa shape index (κ1) is 34.0. The monoisotopic (exact) mass is 558 g/mol. The fraction of sp³-hybridized carbons (Fsp3) is 0.543. The van der Waals surface area contributed by atoms with Crippen LogP contribution in [0.15, 0.2) is 58.5 Å². The summed E-state index contributed by atoms with van der Waals surface area (Å²) in [6.45, 7) is 13.2. The molecule has 0 saturated carbocycles. The maximum absolute atomic E-state index is 5.23. The van der Waals surface area contributed by atoms with Crippen LogP contribution in [0.5, 0.6) is 0 Å². The van der Waals surface area contributed by atoms with E-state index < -0.39 is 0 Å². The van der Waals surface area contributed by atoms with E-state index in [2.05, 4.69) is 90.1 Å². The molecule has 2 nitrogen and oxygen atoms in total. The van der Waals surface area contributed by atoms with E-state index in [1.54, 1.807) is 0 Å². The van der Waals surface area contributed by atoms with Gasteiger partial charge in [-0.2, -0.15) is 0 Å². The third kappa shape index (κ3) is 14.2. The van der Waals surface area contributed by atoms with Crippen molar-refractivity contribution < 1.29 is 16.5 Å². The van der Waals surface area contributed by atoms with Gasteiger partial charge in [-0.3, -0.25) is 4.99 Å². The van der Waals surface area contributed by atoms with Gasteiger partial charge in [0.25, 0.3) is 0 Å². The second kappa shape index (κ2) is 20.0. The summed E-state index contributed by atoms with van der Waals surface area (Å²) in [5.41, 5.74) is 9.22. The number of hydrogen-bond acceptors (Lipinski definition) is 2. The van der Waals surface area contributed by atoms with Crippen LogP contribution in [0.1, 0.15) is 120 Å². The van der Waals surface area contributed by atoms with Crippen LogP contribution in [-0.2, 0) is 16.5 Å². The van der Waals surface area contributed by atoms with Crippen molar-refractivity contribution in [2.45, 2.75) is 125 Å². The Morgan fingerprint density at radius 2 is 1.03 bits per heavy atom. The number of benzene rings is 2. The van der Waals surface area contributed by atoms with Crippen molar-refractivity contribution in [1.29, 1.82) is 0 Å². The Kier molecular flexibility index (Phi) is 17.9. The molecule has 0 fully saturated rings. The van der Waals surface area contributed by atoms with Crippen molar-refractivity contribution in [1.82, 2.24) is 0 Å². The zero-order valence-corrected chi connectivity index (χ0v) is 26.0. The molecule has 0 aliphatic heterocycles. The van der Waals surface area contributed by atoms with E-state index in [1.165, 1.54) is 86.5 Å². The molecular weight excluding hydrogens is 507 g/mol. The molecule has 0 bridgehead atoms. The van der Waals surface area contributed by atoms with Crippen molar-refractivity contribution in [3.8, 4) is 0 Å². The molecule has 38 heavy (non-hydrogen) atoms. The Morgan fingerprint density at radius 1 is 0.579 bits per heavy atom. The number of allylic oxidation sites excluding steroid dienone is 2. The van der Waals surface area contributed by atoms with Crippen LogP contribution in [-0.4, -0.2) is 11.4 Å². The van der Waals surface area contributed by atoms with Crippen molar-refractivity contribution >= 4 is 22.8 Å². The second-order valence-corrected chi connectivity index (χ2v) is 10.9.